The molecule has 1 aliphatic heterocycles. The second kappa shape index (κ2) is 3.75. The average Bonchev–Trinajstić information content (AvgIpc) is 2.05. The zero-order chi connectivity index (χ0) is 9.19. The lowest BCUT2D eigenvalue weighted by Crippen LogP contribution is -2.52. The summed E-state index contributed by atoms with van der Waals surface area (Å²) in [6.07, 6.45) is 3.68. The second-order valence-corrected chi connectivity index (χ2v) is 4.51. The summed E-state index contributed by atoms with van der Waals surface area (Å²) in [5.74, 6) is 0. The first-order valence-electron chi connectivity index (χ1n) is 5.07. The number of hydrogen-bond donors (Lipinski definition) is 1. The molecule has 0 aromatic carbocycles. The lowest BCUT2D eigenvalue weighted by Gasteiger charge is -2.42. The molecule has 12 heavy (non-hydrogen) atoms. The topological polar surface area (TPSA) is 29.3 Å². The number of nitrogens with zero attached hydrogens (tertiary/aromatic N) is 1. The normalized spacial score (nSPS) is 27.5. The summed E-state index contributed by atoms with van der Waals surface area (Å²) < 4.78 is 0. The van der Waals surface area contributed by atoms with Crippen molar-refractivity contribution in [1.82, 2.24) is 4.90 Å². The maximum Gasteiger partial charge on any atom is 0.0168 e. The van der Waals surface area contributed by atoms with Crippen molar-refractivity contribution in [1.29, 1.82) is 0 Å². The highest BCUT2D eigenvalue weighted by Crippen LogP contribution is 2.22. The smallest absolute Gasteiger partial charge is 0.0168 e. The number of hydrogen-bond acceptors (Lipinski definition) is 2. The van der Waals surface area contributed by atoms with Crippen LogP contribution in [0.5, 0.6) is 0 Å². The minimum Gasteiger partial charge on any atom is -0.327 e. The Morgan fingerprint density at radius 3 is 2.67 bits per heavy atom. The molecule has 0 radical (unpaired) electrons. The van der Waals surface area contributed by atoms with E-state index in [0.717, 1.165) is 6.54 Å². The van der Waals surface area contributed by atoms with Crippen molar-refractivity contribution in [2.24, 2.45) is 5.73 Å². The van der Waals surface area contributed by atoms with E-state index in [1.54, 1.807) is 0 Å². The molecule has 0 aliphatic carbocycles. The van der Waals surface area contributed by atoms with E-state index in [2.05, 4.69) is 25.7 Å². The highest BCUT2D eigenvalue weighted by molar-refractivity contribution is 4.85. The fourth-order valence-corrected chi connectivity index (χ4v) is 1.78. The zero-order valence-electron chi connectivity index (χ0n) is 8.64. The quantitative estimate of drug-likeness (QED) is 0.682. The van der Waals surface area contributed by atoms with Crippen LogP contribution in [0.15, 0.2) is 0 Å². The Kier molecular flexibility index (Phi) is 3.13. The first kappa shape index (κ1) is 10.0. The lowest BCUT2D eigenvalue weighted by atomic mass is 9.94. The van der Waals surface area contributed by atoms with E-state index < -0.39 is 0 Å². The molecule has 0 amide bonds. The summed E-state index contributed by atoms with van der Waals surface area (Å²) in [4.78, 5) is 2.53. The Morgan fingerprint density at radius 1 is 1.50 bits per heavy atom. The molecule has 2 nitrogen and oxygen atoms in total. The Hall–Kier alpha value is -0.0800. The van der Waals surface area contributed by atoms with Crippen molar-refractivity contribution in [3.8, 4) is 0 Å². The van der Waals surface area contributed by atoms with Crippen LogP contribution in [0.4, 0.5) is 0 Å². The van der Waals surface area contributed by atoms with Crippen molar-refractivity contribution in [2.75, 3.05) is 13.1 Å². The van der Waals surface area contributed by atoms with E-state index in [1.165, 1.54) is 25.8 Å². The SMILES string of the molecule is CCC(C)(C)N1CCCC(N)C1. The van der Waals surface area contributed by atoms with Gasteiger partial charge in [-0.25, -0.2) is 0 Å². The standard InChI is InChI=1S/C10H22N2/c1-4-10(2,3)12-7-5-6-9(11)8-12/h9H,4-8,11H2,1-3H3. The van der Waals surface area contributed by atoms with Crippen LogP contribution in [-0.4, -0.2) is 29.6 Å². The van der Waals surface area contributed by atoms with Gasteiger partial charge in [-0.2, -0.15) is 0 Å². The third kappa shape index (κ3) is 2.20. The summed E-state index contributed by atoms with van der Waals surface area (Å²) in [5.41, 5.74) is 6.28. The largest absolute Gasteiger partial charge is 0.327 e. The number of nitrogens with two attached hydrogens (primary N) is 1. The molecule has 2 N–H and O–H groups in total. The maximum absolute atomic E-state index is 5.93. The number of rotatable bonds is 2. The Balaban J connectivity index is 2.50. The lowest BCUT2D eigenvalue weighted by molar-refractivity contribution is 0.0827. The molecule has 1 rings (SSSR count). The van der Waals surface area contributed by atoms with Crippen molar-refractivity contribution in [3.63, 3.8) is 0 Å². The van der Waals surface area contributed by atoms with Gasteiger partial charge in [-0.15, -0.1) is 0 Å². The molecule has 1 heterocycles. The van der Waals surface area contributed by atoms with Crippen molar-refractivity contribution < 1.29 is 0 Å². The third-order valence-electron chi connectivity index (χ3n) is 3.18. The van der Waals surface area contributed by atoms with Crippen LogP contribution in [0.25, 0.3) is 0 Å². The van der Waals surface area contributed by atoms with Crippen LogP contribution in [0.3, 0.4) is 0 Å². The van der Waals surface area contributed by atoms with E-state index in [9.17, 15) is 0 Å². The molecule has 1 aliphatic rings. The van der Waals surface area contributed by atoms with E-state index >= 15 is 0 Å². The van der Waals surface area contributed by atoms with Gasteiger partial charge in [0.2, 0.25) is 0 Å². The van der Waals surface area contributed by atoms with Crippen LogP contribution in [-0.2, 0) is 0 Å². The molecule has 0 spiro atoms. The summed E-state index contributed by atoms with van der Waals surface area (Å²) in [6, 6.07) is 0.407. The van der Waals surface area contributed by atoms with Crippen molar-refractivity contribution in [2.45, 2.75) is 51.6 Å². The second-order valence-electron chi connectivity index (χ2n) is 4.51. The minimum atomic E-state index is 0.345. The van der Waals surface area contributed by atoms with Gasteiger partial charge in [0.15, 0.2) is 0 Å². The van der Waals surface area contributed by atoms with Gasteiger partial charge in [-0.05, 0) is 39.7 Å². The maximum atomic E-state index is 5.93. The molecule has 1 saturated heterocycles. The Labute approximate surface area is 76.1 Å². The van der Waals surface area contributed by atoms with Gasteiger partial charge < -0.3 is 5.73 Å². The minimum absolute atomic E-state index is 0.345. The van der Waals surface area contributed by atoms with E-state index in [0.29, 0.717) is 11.6 Å². The van der Waals surface area contributed by atoms with E-state index in [1.807, 2.05) is 0 Å². The highest BCUT2D eigenvalue weighted by Gasteiger charge is 2.28. The van der Waals surface area contributed by atoms with Crippen molar-refractivity contribution in [3.05, 3.63) is 0 Å². The number of piperidine rings is 1. The Bertz CT molecular complexity index is 143. The predicted octanol–water partition coefficient (Wildman–Crippen LogP) is 1.60. The molecule has 2 heteroatoms. The molecular formula is C10H22N2. The van der Waals surface area contributed by atoms with Gasteiger partial charge in [0.1, 0.15) is 0 Å². The molecule has 72 valence electrons. The molecule has 0 aromatic rings. The fraction of sp³-hybridized carbons (Fsp3) is 1.00. The summed E-state index contributed by atoms with van der Waals surface area (Å²) in [5, 5.41) is 0. The molecule has 1 unspecified atom stereocenters. The molecule has 0 aromatic heterocycles. The third-order valence-corrected chi connectivity index (χ3v) is 3.18. The summed E-state index contributed by atoms with van der Waals surface area (Å²) in [7, 11) is 0. The summed E-state index contributed by atoms with van der Waals surface area (Å²) in [6.45, 7) is 9.19. The Morgan fingerprint density at radius 2 is 2.17 bits per heavy atom. The van der Waals surface area contributed by atoms with E-state index in [-0.39, 0.29) is 0 Å². The van der Waals surface area contributed by atoms with Crippen LogP contribution < -0.4 is 5.73 Å². The molecule has 0 saturated carbocycles. The highest BCUT2D eigenvalue weighted by atomic mass is 15.2. The van der Waals surface area contributed by atoms with Crippen LogP contribution in [0.2, 0.25) is 0 Å². The molecule has 1 atom stereocenters. The van der Waals surface area contributed by atoms with Gasteiger partial charge >= 0.3 is 0 Å². The van der Waals surface area contributed by atoms with E-state index in [4.69, 9.17) is 5.73 Å². The molecule has 1 fully saturated rings. The van der Waals surface area contributed by atoms with Gasteiger partial charge in [0.25, 0.3) is 0 Å². The summed E-state index contributed by atoms with van der Waals surface area (Å²) >= 11 is 0. The molecule has 0 bridgehead atoms. The predicted molar refractivity (Wildman–Crippen MR) is 53.2 cm³/mol. The number of likely N-dealkylation sites (tertiary alicyclic amines) is 1. The van der Waals surface area contributed by atoms with Gasteiger partial charge in [0.05, 0.1) is 0 Å². The van der Waals surface area contributed by atoms with Crippen LogP contribution >= 0.6 is 0 Å². The fourth-order valence-electron chi connectivity index (χ4n) is 1.78. The van der Waals surface area contributed by atoms with Crippen LogP contribution in [0, 0.1) is 0 Å². The van der Waals surface area contributed by atoms with Gasteiger partial charge in [0, 0.05) is 18.1 Å². The average molecular weight is 170 g/mol. The van der Waals surface area contributed by atoms with Crippen molar-refractivity contribution >= 4 is 0 Å². The zero-order valence-corrected chi connectivity index (χ0v) is 8.64. The van der Waals surface area contributed by atoms with Crippen LogP contribution in [0.1, 0.15) is 40.0 Å². The monoisotopic (exact) mass is 170 g/mol. The van der Waals surface area contributed by atoms with Gasteiger partial charge in [-0.3, -0.25) is 4.90 Å². The molecular weight excluding hydrogens is 148 g/mol. The first-order chi connectivity index (χ1) is 5.56. The van der Waals surface area contributed by atoms with Gasteiger partial charge in [-0.1, -0.05) is 6.92 Å². The first-order valence-corrected chi connectivity index (χ1v) is 5.07.